The maximum absolute atomic E-state index is 12.9. The molecule has 3 aromatic heterocycles. The Bertz CT molecular complexity index is 949. The van der Waals surface area contributed by atoms with E-state index in [1.165, 1.54) is 0 Å². The fourth-order valence-corrected chi connectivity index (χ4v) is 3.55. The molecule has 1 atom stereocenters. The SMILES string of the molecule is Cc1cc(C)n2nc(C(=O)N[C@H](c3cccnc3)C3CCOCC3)nc2n1. The Balaban J connectivity index is 1.62. The van der Waals surface area contributed by atoms with Gasteiger partial charge in [-0.05, 0) is 50.3 Å². The number of pyridine rings is 1. The van der Waals surface area contributed by atoms with Crippen molar-refractivity contribution in [2.45, 2.75) is 32.7 Å². The standard InChI is InChI=1S/C19H22N6O2/c1-12-10-13(2)25-19(21-12)23-17(24-25)18(26)22-16(14-5-8-27-9-6-14)15-4-3-7-20-11-15/h3-4,7,10-11,14,16H,5-6,8-9H2,1-2H3,(H,22,26)/t16-/m0/s1. The molecule has 0 spiro atoms. The van der Waals surface area contributed by atoms with Crippen molar-refractivity contribution in [1.29, 1.82) is 0 Å². The molecule has 0 saturated carbocycles. The molecule has 1 amide bonds. The highest BCUT2D eigenvalue weighted by Gasteiger charge is 2.28. The van der Waals surface area contributed by atoms with Crippen molar-refractivity contribution in [3.8, 4) is 0 Å². The van der Waals surface area contributed by atoms with E-state index >= 15 is 0 Å². The van der Waals surface area contributed by atoms with Crippen LogP contribution in [0.4, 0.5) is 0 Å². The van der Waals surface area contributed by atoms with Crippen molar-refractivity contribution in [3.63, 3.8) is 0 Å². The number of carbonyl (C=O) groups excluding carboxylic acids is 1. The molecule has 8 heteroatoms. The Kier molecular flexibility index (Phi) is 4.81. The van der Waals surface area contributed by atoms with Gasteiger partial charge in [-0.3, -0.25) is 9.78 Å². The van der Waals surface area contributed by atoms with Crippen molar-refractivity contribution < 1.29 is 9.53 Å². The Labute approximate surface area is 157 Å². The summed E-state index contributed by atoms with van der Waals surface area (Å²) in [6, 6.07) is 5.62. The van der Waals surface area contributed by atoms with E-state index in [1.807, 2.05) is 32.0 Å². The largest absolute Gasteiger partial charge is 0.381 e. The lowest BCUT2D eigenvalue weighted by molar-refractivity contribution is 0.0512. The van der Waals surface area contributed by atoms with Gasteiger partial charge in [0.25, 0.3) is 11.7 Å². The minimum absolute atomic E-state index is 0.122. The Morgan fingerprint density at radius 1 is 1.30 bits per heavy atom. The quantitative estimate of drug-likeness (QED) is 0.759. The van der Waals surface area contributed by atoms with Gasteiger partial charge in [0.1, 0.15) is 0 Å². The zero-order valence-electron chi connectivity index (χ0n) is 15.4. The van der Waals surface area contributed by atoms with E-state index in [4.69, 9.17) is 4.74 Å². The van der Waals surface area contributed by atoms with Crippen molar-refractivity contribution in [2.75, 3.05) is 13.2 Å². The minimum Gasteiger partial charge on any atom is -0.381 e. The lowest BCUT2D eigenvalue weighted by atomic mass is 9.87. The molecule has 1 saturated heterocycles. The molecular formula is C19H22N6O2. The predicted molar refractivity (Wildman–Crippen MR) is 98.2 cm³/mol. The first kappa shape index (κ1) is 17.5. The van der Waals surface area contributed by atoms with Gasteiger partial charge in [-0.25, -0.2) is 9.50 Å². The number of nitrogens with one attached hydrogen (secondary N) is 1. The first-order valence-electron chi connectivity index (χ1n) is 9.11. The third-order valence-corrected chi connectivity index (χ3v) is 4.89. The van der Waals surface area contributed by atoms with E-state index in [2.05, 4.69) is 25.4 Å². The number of hydrogen-bond donors (Lipinski definition) is 1. The predicted octanol–water partition coefficient (Wildman–Crippen LogP) is 2.03. The van der Waals surface area contributed by atoms with E-state index in [1.54, 1.807) is 16.9 Å². The maximum atomic E-state index is 12.9. The van der Waals surface area contributed by atoms with Crippen LogP contribution in [-0.4, -0.2) is 43.7 Å². The summed E-state index contributed by atoms with van der Waals surface area (Å²) < 4.78 is 7.07. The first-order valence-corrected chi connectivity index (χ1v) is 9.11. The number of aryl methyl sites for hydroxylation is 2. The first-order chi connectivity index (χ1) is 13.1. The van der Waals surface area contributed by atoms with Crippen molar-refractivity contribution in [3.05, 3.63) is 53.4 Å². The number of fused-ring (bicyclic) bond motifs is 1. The number of ether oxygens (including phenoxy) is 1. The second-order valence-electron chi connectivity index (χ2n) is 6.87. The number of rotatable bonds is 4. The van der Waals surface area contributed by atoms with Gasteiger partial charge in [0, 0.05) is 37.0 Å². The number of amides is 1. The smallest absolute Gasteiger partial charge is 0.291 e. The average Bonchev–Trinajstić information content (AvgIpc) is 3.12. The van der Waals surface area contributed by atoms with Crippen LogP contribution in [0.3, 0.4) is 0 Å². The van der Waals surface area contributed by atoms with Gasteiger partial charge in [0.05, 0.1) is 6.04 Å². The monoisotopic (exact) mass is 366 g/mol. The minimum atomic E-state index is -0.308. The van der Waals surface area contributed by atoms with E-state index in [-0.39, 0.29) is 23.7 Å². The summed E-state index contributed by atoms with van der Waals surface area (Å²) in [5.74, 6) is 0.530. The number of hydrogen-bond acceptors (Lipinski definition) is 6. The van der Waals surface area contributed by atoms with Gasteiger partial charge >= 0.3 is 0 Å². The molecule has 0 aliphatic carbocycles. The molecule has 1 N–H and O–H groups in total. The van der Waals surface area contributed by atoms with Crippen molar-refractivity contribution in [1.82, 2.24) is 29.9 Å². The van der Waals surface area contributed by atoms with Gasteiger partial charge in [-0.15, -0.1) is 5.10 Å². The third kappa shape index (κ3) is 3.66. The van der Waals surface area contributed by atoms with Crippen LogP contribution in [-0.2, 0) is 4.74 Å². The lowest BCUT2D eigenvalue weighted by Gasteiger charge is -2.30. The molecule has 0 unspecified atom stereocenters. The highest BCUT2D eigenvalue weighted by Crippen LogP contribution is 2.30. The Morgan fingerprint density at radius 3 is 2.85 bits per heavy atom. The van der Waals surface area contributed by atoms with Gasteiger partial charge < -0.3 is 10.1 Å². The second-order valence-corrected chi connectivity index (χ2v) is 6.87. The number of aromatic nitrogens is 5. The number of carbonyl (C=O) groups is 1. The van der Waals surface area contributed by atoms with Gasteiger partial charge in [-0.2, -0.15) is 4.98 Å². The molecule has 0 bridgehead atoms. The van der Waals surface area contributed by atoms with Crippen molar-refractivity contribution in [2.24, 2.45) is 5.92 Å². The fourth-order valence-electron chi connectivity index (χ4n) is 3.55. The molecule has 4 heterocycles. The number of nitrogens with zero attached hydrogens (tertiary/aromatic N) is 5. The molecule has 3 aromatic rings. The van der Waals surface area contributed by atoms with Gasteiger partial charge in [0.2, 0.25) is 5.82 Å². The van der Waals surface area contributed by atoms with Crippen LogP contribution >= 0.6 is 0 Å². The third-order valence-electron chi connectivity index (χ3n) is 4.89. The summed E-state index contributed by atoms with van der Waals surface area (Å²) in [5.41, 5.74) is 2.71. The van der Waals surface area contributed by atoms with Crippen LogP contribution < -0.4 is 5.32 Å². The second kappa shape index (κ2) is 7.40. The van der Waals surface area contributed by atoms with E-state index in [0.717, 1.165) is 29.8 Å². The Hall–Kier alpha value is -2.87. The van der Waals surface area contributed by atoms with Crippen LogP contribution in [0.25, 0.3) is 5.78 Å². The van der Waals surface area contributed by atoms with Crippen LogP contribution in [0.5, 0.6) is 0 Å². The molecule has 1 fully saturated rings. The summed E-state index contributed by atoms with van der Waals surface area (Å²) in [6.07, 6.45) is 5.30. The molecule has 27 heavy (non-hydrogen) atoms. The summed E-state index contributed by atoms with van der Waals surface area (Å²) in [5, 5.41) is 7.45. The summed E-state index contributed by atoms with van der Waals surface area (Å²) in [7, 11) is 0. The normalized spacial score (nSPS) is 16.4. The van der Waals surface area contributed by atoms with E-state index in [0.29, 0.717) is 19.0 Å². The molecular weight excluding hydrogens is 344 g/mol. The lowest BCUT2D eigenvalue weighted by Crippen LogP contribution is -2.36. The molecule has 8 nitrogen and oxygen atoms in total. The molecule has 4 rings (SSSR count). The van der Waals surface area contributed by atoms with Crippen LogP contribution in [0, 0.1) is 19.8 Å². The summed E-state index contributed by atoms with van der Waals surface area (Å²) in [6.45, 7) is 5.21. The fraction of sp³-hybridized carbons (Fsp3) is 0.421. The molecule has 140 valence electrons. The van der Waals surface area contributed by atoms with Crippen LogP contribution in [0.1, 0.15) is 46.5 Å². The zero-order chi connectivity index (χ0) is 18.8. The van der Waals surface area contributed by atoms with Crippen LogP contribution in [0.15, 0.2) is 30.6 Å². The summed E-state index contributed by atoms with van der Waals surface area (Å²) >= 11 is 0. The van der Waals surface area contributed by atoms with E-state index < -0.39 is 0 Å². The average molecular weight is 366 g/mol. The van der Waals surface area contributed by atoms with Crippen molar-refractivity contribution >= 4 is 11.7 Å². The topological polar surface area (TPSA) is 94.3 Å². The zero-order valence-corrected chi connectivity index (χ0v) is 15.4. The highest BCUT2D eigenvalue weighted by molar-refractivity contribution is 5.91. The van der Waals surface area contributed by atoms with Crippen LogP contribution in [0.2, 0.25) is 0 Å². The Morgan fingerprint density at radius 2 is 2.11 bits per heavy atom. The van der Waals surface area contributed by atoms with Gasteiger partial charge in [-0.1, -0.05) is 6.07 Å². The molecule has 0 aromatic carbocycles. The highest BCUT2D eigenvalue weighted by atomic mass is 16.5. The van der Waals surface area contributed by atoms with E-state index in [9.17, 15) is 4.79 Å². The summed E-state index contributed by atoms with van der Waals surface area (Å²) in [4.78, 5) is 25.8. The molecule has 0 radical (unpaired) electrons. The van der Waals surface area contributed by atoms with Gasteiger partial charge in [0.15, 0.2) is 0 Å². The molecule has 1 aliphatic rings. The molecule has 1 aliphatic heterocycles. The maximum Gasteiger partial charge on any atom is 0.291 e.